The van der Waals surface area contributed by atoms with Gasteiger partial charge in [0.25, 0.3) is 0 Å². The number of nitrogens with zero attached hydrogens (tertiary/aromatic N) is 2. The van der Waals surface area contributed by atoms with Crippen LogP contribution >= 0.6 is 22.9 Å². The predicted molar refractivity (Wildman–Crippen MR) is 59.9 cm³/mol. The van der Waals surface area contributed by atoms with Gasteiger partial charge in [0.05, 0.1) is 22.8 Å². The first-order valence-electron chi connectivity index (χ1n) is 4.54. The molecule has 0 bridgehead atoms. The molecule has 2 nitrogen and oxygen atoms in total. The third-order valence-corrected chi connectivity index (χ3v) is 3.19. The van der Waals surface area contributed by atoms with E-state index >= 15 is 0 Å². The molecule has 0 aliphatic heterocycles. The number of hydrogen-bond acceptors (Lipinski definition) is 3. The van der Waals surface area contributed by atoms with Gasteiger partial charge in [-0.2, -0.15) is 13.2 Å². The van der Waals surface area contributed by atoms with Gasteiger partial charge in [0, 0.05) is 11.6 Å². The van der Waals surface area contributed by atoms with Crippen LogP contribution in [0.2, 0.25) is 0 Å². The molecular weight excluding hydrogens is 273 g/mol. The van der Waals surface area contributed by atoms with Crippen molar-refractivity contribution in [1.82, 2.24) is 9.97 Å². The van der Waals surface area contributed by atoms with Gasteiger partial charge < -0.3 is 0 Å². The molecule has 2 heterocycles. The molecule has 0 aliphatic carbocycles. The van der Waals surface area contributed by atoms with Crippen molar-refractivity contribution in [3.05, 3.63) is 35.0 Å². The second kappa shape index (κ2) is 4.62. The summed E-state index contributed by atoms with van der Waals surface area (Å²) in [6.07, 6.45) is -3.56. The zero-order valence-electron chi connectivity index (χ0n) is 8.33. The zero-order valence-corrected chi connectivity index (χ0v) is 9.90. The molecule has 0 radical (unpaired) electrons. The summed E-state index contributed by atoms with van der Waals surface area (Å²) in [6, 6.07) is 2.30. The average molecular weight is 279 g/mol. The van der Waals surface area contributed by atoms with Gasteiger partial charge >= 0.3 is 6.18 Å². The minimum absolute atomic E-state index is 0.275. The molecule has 0 spiro atoms. The lowest BCUT2D eigenvalue weighted by molar-refractivity contribution is -0.137. The van der Waals surface area contributed by atoms with E-state index in [0.29, 0.717) is 16.4 Å². The maximum atomic E-state index is 12.3. The van der Waals surface area contributed by atoms with Crippen LogP contribution in [0.5, 0.6) is 0 Å². The van der Waals surface area contributed by atoms with E-state index in [1.165, 1.54) is 17.4 Å². The molecule has 7 heteroatoms. The lowest BCUT2D eigenvalue weighted by atomic mass is 10.2. The van der Waals surface area contributed by atoms with E-state index in [2.05, 4.69) is 9.97 Å². The second-order valence-corrected chi connectivity index (χ2v) is 4.33. The molecule has 2 aromatic heterocycles. The maximum Gasteiger partial charge on any atom is 0.417 e. The van der Waals surface area contributed by atoms with Gasteiger partial charge in [0.15, 0.2) is 0 Å². The van der Waals surface area contributed by atoms with Crippen molar-refractivity contribution in [3.8, 4) is 10.7 Å². The number of aromatic nitrogens is 2. The van der Waals surface area contributed by atoms with Gasteiger partial charge in [-0.1, -0.05) is 0 Å². The van der Waals surface area contributed by atoms with E-state index < -0.39 is 11.7 Å². The SMILES string of the molecule is FC(F)(F)c1ccc(-c2nc(CCl)cs2)nc1. The molecule has 90 valence electrons. The van der Waals surface area contributed by atoms with Crippen molar-refractivity contribution in [2.45, 2.75) is 12.1 Å². The summed E-state index contributed by atoms with van der Waals surface area (Å²) in [5, 5.41) is 2.32. The molecule has 0 saturated heterocycles. The third-order valence-electron chi connectivity index (χ3n) is 2.00. The van der Waals surface area contributed by atoms with Crippen molar-refractivity contribution in [3.63, 3.8) is 0 Å². The molecule has 17 heavy (non-hydrogen) atoms. The molecule has 0 amide bonds. The summed E-state index contributed by atoms with van der Waals surface area (Å²) in [5.41, 5.74) is 0.336. The van der Waals surface area contributed by atoms with Crippen molar-refractivity contribution in [2.24, 2.45) is 0 Å². The van der Waals surface area contributed by atoms with E-state index in [0.717, 1.165) is 12.3 Å². The van der Waals surface area contributed by atoms with Crippen LogP contribution in [-0.4, -0.2) is 9.97 Å². The molecule has 0 aromatic carbocycles. The van der Waals surface area contributed by atoms with E-state index in [-0.39, 0.29) is 5.88 Å². The van der Waals surface area contributed by atoms with Crippen LogP contribution in [-0.2, 0) is 12.1 Å². The Hall–Kier alpha value is -1.14. The van der Waals surface area contributed by atoms with Crippen LogP contribution in [0, 0.1) is 0 Å². The van der Waals surface area contributed by atoms with E-state index in [4.69, 9.17) is 11.6 Å². The molecule has 0 fully saturated rings. The van der Waals surface area contributed by atoms with Crippen molar-refractivity contribution >= 4 is 22.9 Å². The molecule has 2 aromatic rings. The van der Waals surface area contributed by atoms with Crippen LogP contribution in [0.1, 0.15) is 11.3 Å². The Morgan fingerprint density at radius 2 is 2.06 bits per heavy atom. The fourth-order valence-electron chi connectivity index (χ4n) is 1.17. The molecule has 0 aliphatic rings. The first kappa shape index (κ1) is 12.3. The van der Waals surface area contributed by atoms with E-state index in [9.17, 15) is 13.2 Å². The highest BCUT2D eigenvalue weighted by molar-refractivity contribution is 7.13. The molecule has 0 saturated carbocycles. The van der Waals surface area contributed by atoms with Crippen LogP contribution < -0.4 is 0 Å². The number of rotatable bonds is 2. The third kappa shape index (κ3) is 2.76. The molecular formula is C10H6ClF3N2S. The maximum absolute atomic E-state index is 12.3. The minimum atomic E-state index is -4.37. The highest BCUT2D eigenvalue weighted by atomic mass is 35.5. The first-order chi connectivity index (χ1) is 8.00. The van der Waals surface area contributed by atoms with Gasteiger partial charge in [0.1, 0.15) is 5.01 Å². The summed E-state index contributed by atoms with van der Waals surface area (Å²) >= 11 is 6.89. The van der Waals surface area contributed by atoms with Crippen molar-refractivity contribution in [2.75, 3.05) is 0 Å². The van der Waals surface area contributed by atoms with Crippen LogP contribution in [0.3, 0.4) is 0 Å². The largest absolute Gasteiger partial charge is 0.417 e. The molecule has 2 rings (SSSR count). The fourth-order valence-corrected chi connectivity index (χ4v) is 2.20. The number of alkyl halides is 4. The molecule has 0 atom stereocenters. The number of pyridine rings is 1. The Bertz CT molecular complexity index is 507. The van der Waals surface area contributed by atoms with Gasteiger partial charge in [-0.25, -0.2) is 4.98 Å². The highest BCUT2D eigenvalue weighted by Crippen LogP contribution is 2.30. The Morgan fingerprint density at radius 3 is 2.53 bits per heavy atom. The van der Waals surface area contributed by atoms with Crippen molar-refractivity contribution in [1.29, 1.82) is 0 Å². The molecule has 0 unspecified atom stereocenters. The smallest absolute Gasteiger partial charge is 0.253 e. The normalized spacial score (nSPS) is 11.8. The second-order valence-electron chi connectivity index (χ2n) is 3.21. The average Bonchev–Trinajstić information content (AvgIpc) is 2.76. The Kier molecular flexibility index (Phi) is 3.35. The van der Waals surface area contributed by atoms with Gasteiger partial charge in [-0.3, -0.25) is 4.98 Å². The zero-order chi connectivity index (χ0) is 12.5. The standard InChI is InChI=1S/C10H6ClF3N2S/c11-3-7-5-17-9(16-7)8-2-1-6(4-15-8)10(12,13)14/h1-2,4-5H,3H2. The van der Waals surface area contributed by atoms with Crippen LogP contribution in [0.4, 0.5) is 13.2 Å². The molecule has 0 N–H and O–H groups in total. The summed E-state index contributed by atoms with van der Waals surface area (Å²) in [5.74, 6) is 0.275. The fraction of sp³-hybridized carbons (Fsp3) is 0.200. The number of halogens is 4. The minimum Gasteiger partial charge on any atom is -0.253 e. The summed E-state index contributed by atoms with van der Waals surface area (Å²) < 4.78 is 36.9. The van der Waals surface area contributed by atoms with Gasteiger partial charge in [-0.15, -0.1) is 22.9 Å². The monoisotopic (exact) mass is 278 g/mol. The predicted octanol–water partition coefficient (Wildman–Crippen LogP) is 3.96. The van der Waals surface area contributed by atoms with Crippen LogP contribution in [0.25, 0.3) is 10.7 Å². The number of hydrogen-bond donors (Lipinski definition) is 0. The van der Waals surface area contributed by atoms with Gasteiger partial charge in [0.2, 0.25) is 0 Å². The van der Waals surface area contributed by atoms with E-state index in [1.54, 1.807) is 5.38 Å². The number of thiazole rings is 1. The highest BCUT2D eigenvalue weighted by Gasteiger charge is 2.30. The van der Waals surface area contributed by atoms with Gasteiger partial charge in [-0.05, 0) is 12.1 Å². The van der Waals surface area contributed by atoms with Crippen LogP contribution in [0.15, 0.2) is 23.7 Å². The Balaban J connectivity index is 2.29. The quantitative estimate of drug-likeness (QED) is 0.777. The summed E-state index contributed by atoms with van der Waals surface area (Å²) in [4.78, 5) is 7.88. The first-order valence-corrected chi connectivity index (χ1v) is 5.96. The lowest BCUT2D eigenvalue weighted by Gasteiger charge is -2.05. The van der Waals surface area contributed by atoms with E-state index in [1.807, 2.05) is 0 Å². The Morgan fingerprint density at radius 1 is 1.29 bits per heavy atom. The lowest BCUT2D eigenvalue weighted by Crippen LogP contribution is -2.05. The Labute approximate surface area is 104 Å². The topological polar surface area (TPSA) is 25.8 Å². The summed E-state index contributed by atoms with van der Waals surface area (Å²) in [6.45, 7) is 0. The van der Waals surface area contributed by atoms with Crippen molar-refractivity contribution < 1.29 is 13.2 Å². The summed E-state index contributed by atoms with van der Waals surface area (Å²) in [7, 11) is 0.